The number of sulfonamides is 1. The number of rotatable bonds is 6. The fraction of sp³-hybridized carbons (Fsp3) is 0.357. The Morgan fingerprint density at radius 3 is 2.76 bits per heavy atom. The molecule has 2 N–H and O–H groups in total. The molecule has 3 rings (SSSR count). The number of nitrogens with two attached hydrogens (primary N) is 1. The van der Waals surface area contributed by atoms with Gasteiger partial charge in [-0.15, -0.1) is 0 Å². The molecule has 1 aliphatic carbocycles. The Bertz CT molecular complexity index is 709. The van der Waals surface area contributed by atoms with Gasteiger partial charge in [0.05, 0.1) is 18.5 Å². The highest BCUT2D eigenvalue weighted by Crippen LogP contribution is 2.34. The Labute approximate surface area is 123 Å². The van der Waals surface area contributed by atoms with E-state index in [1.165, 1.54) is 4.31 Å². The lowest BCUT2D eigenvalue weighted by Gasteiger charge is -2.21. The number of furan rings is 1. The van der Waals surface area contributed by atoms with Crippen LogP contribution in [0.2, 0.25) is 0 Å². The normalized spacial score (nSPS) is 15.5. The highest BCUT2D eigenvalue weighted by molar-refractivity contribution is 7.89. The summed E-state index contributed by atoms with van der Waals surface area (Å²) in [6, 6.07) is 6.73. The van der Waals surface area contributed by atoms with E-state index < -0.39 is 10.0 Å². The van der Waals surface area contributed by atoms with Gasteiger partial charge < -0.3 is 10.2 Å². The van der Waals surface area contributed by atoms with E-state index in [1.807, 2.05) is 0 Å². The second-order valence-electron chi connectivity index (χ2n) is 5.01. The lowest BCUT2D eigenvalue weighted by atomic mass is 10.3. The standard InChI is InChI=1S/C14H17N3O3S/c15-9-13-14(4-1-7-16-13)21(18,19)17(11-5-6-11)10-12-3-2-8-20-12/h1-4,7-8,11H,5-6,9-10,15H2. The van der Waals surface area contributed by atoms with Gasteiger partial charge in [-0.1, -0.05) is 0 Å². The third-order valence-corrected chi connectivity index (χ3v) is 5.45. The highest BCUT2D eigenvalue weighted by atomic mass is 32.2. The van der Waals surface area contributed by atoms with Crippen molar-refractivity contribution in [2.24, 2.45) is 5.73 Å². The Hall–Kier alpha value is -1.70. The van der Waals surface area contributed by atoms with Gasteiger partial charge in [-0.25, -0.2) is 8.42 Å². The second kappa shape index (κ2) is 5.59. The van der Waals surface area contributed by atoms with Gasteiger partial charge in [0.25, 0.3) is 0 Å². The van der Waals surface area contributed by atoms with Crippen LogP contribution in [0, 0.1) is 0 Å². The first-order valence-corrected chi connectivity index (χ1v) is 8.25. The van der Waals surface area contributed by atoms with Gasteiger partial charge >= 0.3 is 0 Å². The minimum absolute atomic E-state index is 0.0333. The quantitative estimate of drug-likeness (QED) is 0.873. The summed E-state index contributed by atoms with van der Waals surface area (Å²) in [6.07, 6.45) is 4.84. The fourth-order valence-corrected chi connectivity index (χ4v) is 4.10. The van der Waals surface area contributed by atoms with Crippen LogP contribution in [-0.4, -0.2) is 23.7 Å². The van der Waals surface area contributed by atoms with Crippen molar-refractivity contribution in [1.29, 1.82) is 0 Å². The summed E-state index contributed by atoms with van der Waals surface area (Å²) >= 11 is 0. The molecule has 2 heterocycles. The van der Waals surface area contributed by atoms with Crippen LogP contribution in [0.25, 0.3) is 0 Å². The zero-order valence-electron chi connectivity index (χ0n) is 11.5. The summed E-state index contributed by atoms with van der Waals surface area (Å²) < 4.78 is 32.6. The lowest BCUT2D eigenvalue weighted by Crippen LogP contribution is -2.33. The summed E-state index contributed by atoms with van der Waals surface area (Å²) in [4.78, 5) is 4.25. The smallest absolute Gasteiger partial charge is 0.245 e. The molecule has 0 bridgehead atoms. The third-order valence-electron chi connectivity index (χ3n) is 3.47. The van der Waals surface area contributed by atoms with Gasteiger partial charge in [0.2, 0.25) is 10.0 Å². The number of aromatic nitrogens is 1. The first-order valence-electron chi connectivity index (χ1n) is 6.81. The van der Waals surface area contributed by atoms with Crippen LogP contribution in [0.3, 0.4) is 0 Å². The van der Waals surface area contributed by atoms with E-state index in [4.69, 9.17) is 10.2 Å². The highest BCUT2D eigenvalue weighted by Gasteiger charge is 2.39. The number of hydrogen-bond donors (Lipinski definition) is 1. The zero-order chi connectivity index (χ0) is 14.9. The number of pyridine rings is 1. The predicted molar refractivity (Wildman–Crippen MR) is 76.6 cm³/mol. The monoisotopic (exact) mass is 307 g/mol. The molecule has 1 fully saturated rings. The fourth-order valence-electron chi connectivity index (χ4n) is 2.27. The zero-order valence-corrected chi connectivity index (χ0v) is 12.3. The van der Waals surface area contributed by atoms with E-state index in [2.05, 4.69) is 4.98 Å². The van der Waals surface area contributed by atoms with Gasteiger partial charge in [-0.3, -0.25) is 4.98 Å². The molecule has 1 saturated carbocycles. The average molecular weight is 307 g/mol. The molecule has 0 spiro atoms. The Balaban J connectivity index is 1.97. The Morgan fingerprint density at radius 1 is 1.33 bits per heavy atom. The van der Waals surface area contributed by atoms with Crippen molar-refractivity contribution < 1.29 is 12.8 Å². The van der Waals surface area contributed by atoms with Crippen LogP contribution in [0.1, 0.15) is 24.3 Å². The molecule has 6 nitrogen and oxygen atoms in total. The van der Waals surface area contributed by atoms with Crippen molar-refractivity contribution in [3.63, 3.8) is 0 Å². The Morgan fingerprint density at radius 2 is 2.14 bits per heavy atom. The third kappa shape index (κ3) is 2.85. The van der Waals surface area contributed by atoms with Crippen molar-refractivity contribution in [2.45, 2.75) is 36.9 Å². The molecule has 0 saturated heterocycles. The van der Waals surface area contributed by atoms with E-state index in [0.29, 0.717) is 11.5 Å². The molecule has 2 aromatic heterocycles. The van der Waals surface area contributed by atoms with Gasteiger partial charge in [-0.05, 0) is 37.1 Å². The van der Waals surface area contributed by atoms with E-state index >= 15 is 0 Å². The van der Waals surface area contributed by atoms with Crippen molar-refractivity contribution in [1.82, 2.24) is 9.29 Å². The van der Waals surface area contributed by atoms with Crippen LogP contribution >= 0.6 is 0 Å². The lowest BCUT2D eigenvalue weighted by molar-refractivity contribution is 0.356. The molecular weight excluding hydrogens is 290 g/mol. The van der Waals surface area contributed by atoms with Crippen LogP contribution in [0.4, 0.5) is 0 Å². The van der Waals surface area contributed by atoms with E-state index in [-0.39, 0.29) is 24.0 Å². The predicted octanol–water partition coefficient (Wildman–Crippen LogP) is 1.49. The molecular formula is C14H17N3O3S. The summed E-state index contributed by atoms with van der Waals surface area (Å²) in [5, 5.41) is 0. The van der Waals surface area contributed by atoms with Crippen molar-refractivity contribution >= 4 is 10.0 Å². The molecule has 0 amide bonds. The van der Waals surface area contributed by atoms with E-state index in [0.717, 1.165) is 12.8 Å². The molecule has 0 aliphatic heterocycles. The molecule has 7 heteroatoms. The first-order chi connectivity index (χ1) is 10.1. The maximum atomic E-state index is 12.9. The van der Waals surface area contributed by atoms with Crippen molar-refractivity contribution in [3.8, 4) is 0 Å². The molecule has 21 heavy (non-hydrogen) atoms. The number of nitrogens with zero attached hydrogens (tertiary/aromatic N) is 2. The van der Waals surface area contributed by atoms with Gasteiger partial charge in [0.15, 0.2) is 0 Å². The molecule has 0 radical (unpaired) electrons. The molecule has 0 aromatic carbocycles. The molecule has 1 aliphatic rings. The SMILES string of the molecule is NCc1ncccc1S(=O)(=O)N(Cc1ccco1)C1CC1. The molecule has 112 valence electrons. The summed E-state index contributed by atoms with van der Waals surface area (Å²) in [5.41, 5.74) is 6.00. The minimum atomic E-state index is -3.63. The van der Waals surface area contributed by atoms with Gasteiger partial charge in [0.1, 0.15) is 10.7 Å². The van der Waals surface area contributed by atoms with Crippen LogP contribution in [0.15, 0.2) is 46.0 Å². The molecule has 2 aromatic rings. The Kier molecular flexibility index (Phi) is 3.79. The summed E-state index contributed by atoms with van der Waals surface area (Å²) in [6.45, 7) is 0.327. The van der Waals surface area contributed by atoms with Crippen LogP contribution in [-0.2, 0) is 23.1 Å². The summed E-state index contributed by atoms with van der Waals surface area (Å²) in [7, 11) is -3.63. The maximum Gasteiger partial charge on any atom is 0.245 e. The molecule has 0 unspecified atom stereocenters. The van der Waals surface area contributed by atoms with E-state index in [1.54, 1.807) is 36.7 Å². The van der Waals surface area contributed by atoms with Crippen molar-refractivity contribution in [3.05, 3.63) is 48.2 Å². The van der Waals surface area contributed by atoms with E-state index in [9.17, 15) is 8.42 Å². The first kappa shape index (κ1) is 14.2. The second-order valence-corrected chi connectivity index (χ2v) is 6.87. The largest absolute Gasteiger partial charge is 0.468 e. The maximum absolute atomic E-state index is 12.9. The number of hydrogen-bond acceptors (Lipinski definition) is 5. The molecule has 0 atom stereocenters. The minimum Gasteiger partial charge on any atom is -0.468 e. The van der Waals surface area contributed by atoms with Crippen LogP contribution in [0.5, 0.6) is 0 Å². The van der Waals surface area contributed by atoms with Gasteiger partial charge in [-0.2, -0.15) is 4.31 Å². The van der Waals surface area contributed by atoms with Crippen LogP contribution < -0.4 is 5.73 Å². The van der Waals surface area contributed by atoms with Crippen molar-refractivity contribution in [2.75, 3.05) is 0 Å². The average Bonchev–Trinajstić information content (AvgIpc) is 3.20. The summed E-state index contributed by atoms with van der Waals surface area (Å²) in [5.74, 6) is 0.628. The van der Waals surface area contributed by atoms with Gasteiger partial charge in [0, 0.05) is 18.8 Å². The topological polar surface area (TPSA) is 89.4 Å².